The van der Waals surface area contributed by atoms with Gasteiger partial charge in [0.05, 0.1) is 14.2 Å². The van der Waals surface area contributed by atoms with E-state index in [2.05, 4.69) is 10.3 Å². The summed E-state index contributed by atoms with van der Waals surface area (Å²) in [5.74, 6) is 0.557. The highest BCUT2D eigenvalue weighted by Gasteiger charge is 2.25. The zero-order valence-corrected chi connectivity index (χ0v) is 19.0. The number of carbonyl (C=O) groups excluding carboxylic acids is 2. The Morgan fingerprint density at radius 2 is 1.70 bits per heavy atom. The summed E-state index contributed by atoms with van der Waals surface area (Å²) in [4.78, 5) is 31.1. The molecule has 1 aliphatic carbocycles. The second-order valence-electron chi connectivity index (χ2n) is 8.13. The molecule has 0 saturated heterocycles. The molecule has 1 heterocycles. The Balaban J connectivity index is 1.62. The highest BCUT2D eigenvalue weighted by atomic mass is 16.5. The van der Waals surface area contributed by atoms with E-state index >= 15 is 0 Å². The Morgan fingerprint density at radius 1 is 0.970 bits per heavy atom. The summed E-state index contributed by atoms with van der Waals surface area (Å²) in [5.41, 5.74) is 2.77. The molecule has 0 atom stereocenters. The first kappa shape index (κ1) is 22.5. The largest absolute Gasteiger partial charge is 0.493 e. The fourth-order valence-corrected chi connectivity index (χ4v) is 4.21. The number of H-pyrrole nitrogens is 1. The van der Waals surface area contributed by atoms with Gasteiger partial charge in [-0.2, -0.15) is 0 Å². The second kappa shape index (κ2) is 10.3. The average Bonchev–Trinajstić information content (AvgIpc) is 3.55. The number of hydrogen-bond acceptors (Lipinski definition) is 4. The zero-order valence-electron chi connectivity index (χ0n) is 19.0. The van der Waals surface area contributed by atoms with E-state index < -0.39 is 0 Å². The fourth-order valence-electron chi connectivity index (χ4n) is 4.21. The summed E-state index contributed by atoms with van der Waals surface area (Å²) in [6.45, 7) is -0.0928. The van der Waals surface area contributed by atoms with E-state index in [1.54, 1.807) is 31.4 Å². The molecule has 2 N–H and O–H groups in total. The lowest BCUT2D eigenvalue weighted by Gasteiger charge is -2.24. The maximum Gasteiger partial charge on any atom is 0.275 e. The Kier molecular flexibility index (Phi) is 6.98. The van der Waals surface area contributed by atoms with Crippen molar-refractivity contribution in [2.45, 2.75) is 31.7 Å². The molecule has 7 nitrogen and oxygen atoms in total. The number of aromatic nitrogens is 1. The lowest BCUT2D eigenvalue weighted by atomic mass is 10.2. The number of methoxy groups -OCH3 is 2. The zero-order chi connectivity index (χ0) is 23.2. The van der Waals surface area contributed by atoms with E-state index in [0.29, 0.717) is 22.9 Å². The smallest absolute Gasteiger partial charge is 0.275 e. The molecule has 33 heavy (non-hydrogen) atoms. The van der Waals surface area contributed by atoms with Gasteiger partial charge in [0.2, 0.25) is 5.91 Å². The van der Waals surface area contributed by atoms with Crippen LogP contribution in [-0.2, 0) is 4.79 Å². The predicted molar refractivity (Wildman–Crippen MR) is 128 cm³/mol. The number of nitrogens with zero attached hydrogens (tertiary/aromatic N) is 1. The van der Waals surface area contributed by atoms with Crippen molar-refractivity contribution >= 4 is 17.5 Å². The Bertz CT molecular complexity index is 1100. The molecule has 0 spiro atoms. The molecule has 1 aliphatic rings. The number of rotatable bonds is 8. The van der Waals surface area contributed by atoms with Crippen LogP contribution in [0, 0.1) is 0 Å². The van der Waals surface area contributed by atoms with Crippen LogP contribution in [0.25, 0.3) is 11.3 Å². The molecule has 0 unspecified atom stereocenters. The maximum absolute atomic E-state index is 13.6. The van der Waals surface area contributed by atoms with Crippen molar-refractivity contribution in [2.75, 3.05) is 25.7 Å². The van der Waals surface area contributed by atoms with Gasteiger partial charge < -0.3 is 19.8 Å². The van der Waals surface area contributed by atoms with E-state index in [1.807, 2.05) is 36.4 Å². The van der Waals surface area contributed by atoms with Crippen molar-refractivity contribution < 1.29 is 19.1 Å². The molecule has 7 heteroatoms. The van der Waals surface area contributed by atoms with E-state index in [0.717, 1.165) is 36.9 Å². The number of nitrogens with one attached hydrogen (secondary N) is 2. The summed E-state index contributed by atoms with van der Waals surface area (Å²) in [6.07, 6.45) is 4.20. The monoisotopic (exact) mass is 447 g/mol. The lowest BCUT2D eigenvalue weighted by Crippen LogP contribution is -2.43. The number of ether oxygens (including phenoxy) is 2. The summed E-state index contributed by atoms with van der Waals surface area (Å²) >= 11 is 0. The number of anilines is 1. The molecule has 3 aromatic rings. The predicted octanol–water partition coefficient (Wildman–Crippen LogP) is 4.40. The highest BCUT2D eigenvalue weighted by Crippen LogP contribution is 2.32. The third kappa shape index (κ3) is 5.19. The molecular formula is C26H29N3O4. The number of benzene rings is 2. The Morgan fingerprint density at radius 3 is 2.39 bits per heavy atom. The minimum atomic E-state index is -0.300. The number of hydrogen-bond donors (Lipinski definition) is 2. The fraction of sp³-hybridized carbons (Fsp3) is 0.308. The van der Waals surface area contributed by atoms with Gasteiger partial charge in [0.15, 0.2) is 11.5 Å². The minimum absolute atomic E-state index is 0.0928. The van der Waals surface area contributed by atoms with Crippen LogP contribution in [0.2, 0.25) is 0 Å². The molecule has 1 aromatic heterocycles. The van der Waals surface area contributed by atoms with E-state index in [9.17, 15) is 9.59 Å². The molecule has 2 amide bonds. The average molecular weight is 448 g/mol. The van der Waals surface area contributed by atoms with Gasteiger partial charge in [-0.05, 0) is 42.7 Å². The van der Waals surface area contributed by atoms with Gasteiger partial charge in [0, 0.05) is 23.5 Å². The van der Waals surface area contributed by atoms with E-state index in [-0.39, 0.29) is 24.4 Å². The van der Waals surface area contributed by atoms with Gasteiger partial charge in [0.1, 0.15) is 12.2 Å². The van der Waals surface area contributed by atoms with E-state index in [4.69, 9.17) is 9.47 Å². The van der Waals surface area contributed by atoms with Crippen molar-refractivity contribution in [1.82, 2.24) is 10.3 Å². The van der Waals surface area contributed by atoms with Crippen LogP contribution < -0.4 is 19.7 Å². The maximum atomic E-state index is 13.6. The van der Waals surface area contributed by atoms with Crippen LogP contribution in [-0.4, -0.2) is 43.6 Å². The Labute approximate surface area is 193 Å². The van der Waals surface area contributed by atoms with Crippen molar-refractivity contribution in [3.8, 4) is 22.8 Å². The van der Waals surface area contributed by atoms with Gasteiger partial charge in [-0.15, -0.1) is 0 Å². The SMILES string of the molecule is COc1ccc(N(CC(=O)NC2CCCC2)C(=O)c2ccc(-c3ccccc3)[nH]2)cc1OC. The molecule has 1 saturated carbocycles. The Hall–Kier alpha value is -3.74. The first-order chi connectivity index (χ1) is 16.1. The van der Waals surface area contributed by atoms with Crippen molar-refractivity contribution in [1.29, 1.82) is 0 Å². The van der Waals surface area contributed by atoms with Crippen molar-refractivity contribution in [2.24, 2.45) is 0 Å². The molecule has 0 bridgehead atoms. The van der Waals surface area contributed by atoms with Crippen LogP contribution >= 0.6 is 0 Å². The topological polar surface area (TPSA) is 83.7 Å². The lowest BCUT2D eigenvalue weighted by molar-refractivity contribution is -0.120. The summed E-state index contributed by atoms with van der Waals surface area (Å²) < 4.78 is 10.7. The summed E-state index contributed by atoms with van der Waals surface area (Å²) in [7, 11) is 3.09. The normalized spacial score (nSPS) is 13.5. The number of aromatic amines is 1. The van der Waals surface area contributed by atoms with Crippen molar-refractivity contribution in [3.05, 3.63) is 66.4 Å². The molecule has 4 rings (SSSR count). The third-order valence-corrected chi connectivity index (χ3v) is 5.95. The quantitative estimate of drug-likeness (QED) is 0.536. The van der Waals surface area contributed by atoms with Gasteiger partial charge >= 0.3 is 0 Å². The van der Waals surface area contributed by atoms with Crippen LogP contribution in [0.1, 0.15) is 36.2 Å². The highest BCUT2D eigenvalue weighted by molar-refractivity contribution is 6.08. The van der Waals surface area contributed by atoms with E-state index in [1.165, 1.54) is 12.0 Å². The molecule has 172 valence electrons. The third-order valence-electron chi connectivity index (χ3n) is 5.95. The first-order valence-electron chi connectivity index (χ1n) is 11.2. The first-order valence-corrected chi connectivity index (χ1v) is 11.2. The molecule has 1 fully saturated rings. The van der Waals surface area contributed by atoms with Gasteiger partial charge in [-0.3, -0.25) is 14.5 Å². The van der Waals surface area contributed by atoms with Gasteiger partial charge in [-0.25, -0.2) is 0 Å². The molecular weight excluding hydrogens is 418 g/mol. The summed E-state index contributed by atoms with van der Waals surface area (Å²) in [6, 6.07) is 18.8. The second-order valence-corrected chi connectivity index (χ2v) is 8.13. The standard InChI is InChI=1S/C26H29N3O4/c1-32-23-15-12-20(16-24(23)33-2)29(17-25(30)27-19-10-6-7-11-19)26(31)22-14-13-21(28-22)18-8-4-3-5-9-18/h3-5,8-9,12-16,19,28H,6-7,10-11,17H2,1-2H3,(H,27,30). The molecule has 0 radical (unpaired) electrons. The minimum Gasteiger partial charge on any atom is -0.493 e. The van der Waals surface area contributed by atoms with Crippen molar-refractivity contribution in [3.63, 3.8) is 0 Å². The van der Waals surface area contributed by atoms with Crippen LogP contribution in [0.15, 0.2) is 60.7 Å². The number of amides is 2. The van der Waals surface area contributed by atoms with Crippen LogP contribution in [0.4, 0.5) is 5.69 Å². The summed E-state index contributed by atoms with van der Waals surface area (Å²) in [5, 5.41) is 3.07. The van der Waals surface area contributed by atoms with Gasteiger partial charge in [-0.1, -0.05) is 43.2 Å². The van der Waals surface area contributed by atoms with Crippen LogP contribution in [0.5, 0.6) is 11.5 Å². The van der Waals surface area contributed by atoms with Crippen LogP contribution in [0.3, 0.4) is 0 Å². The molecule has 0 aliphatic heterocycles. The van der Waals surface area contributed by atoms with Gasteiger partial charge in [0.25, 0.3) is 5.91 Å². The number of carbonyl (C=O) groups is 2. The molecule has 2 aromatic carbocycles.